The van der Waals surface area contributed by atoms with E-state index in [9.17, 15) is 15.0 Å². The van der Waals surface area contributed by atoms with Crippen molar-refractivity contribution in [2.45, 2.75) is 39.2 Å². The van der Waals surface area contributed by atoms with Crippen molar-refractivity contribution in [1.82, 2.24) is 0 Å². The maximum absolute atomic E-state index is 12.3. The molecule has 1 aromatic carbocycles. The molecule has 5 nitrogen and oxygen atoms in total. The molecule has 4 N–H and O–H groups in total. The number of aromatic hydroxyl groups is 2. The largest absolute Gasteiger partial charge is 0.508 e. The summed E-state index contributed by atoms with van der Waals surface area (Å²) < 4.78 is 5.64. The second-order valence-electron chi connectivity index (χ2n) is 6.27. The van der Waals surface area contributed by atoms with Gasteiger partial charge in [-0.1, -0.05) is 0 Å². The highest BCUT2D eigenvalue weighted by molar-refractivity contribution is 5.91. The third-order valence-electron chi connectivity index (χ3n) is 4.37. The highest BCUT2D eigenvalue weighted by Gasteiger charge is 2.35. The molecule has 5 heteroatoms. The van der Waals surface area contributed by atoms with E-state index in [1.54, 1.807) is 6.92 Å². The summed E-state index contributed by atoms with van der Waals surface area (Å²) in [5, 5.41) is 21.7. The molecule has 1 aromatic rings. The smallest absolute Gasteiger partial charge is 0.338 e. The second-order valence-corrected chi connectivity index (χ2v) is 6.27. The van der Waals surface area contributed by atoms with E-state index >= 15 is 0 Å². The molecule has 0 spiro atoms. The summed E-state index contributed by atoms with van der Waals surface area (Å²) in [7, 11) is 0. The molecule has 0 amide bonds. The summed E-state index contributed by atoms with van der Waals surface area (Å²) >= 11 is 0. The van der Waals surface area contributed by atoms with E-state index in [0.29, 0.717) is 11.5 Å². The fraction of sp³-hybridized carbons (Fsp3) is 0.562. The van der Waals surface area contributed by atoms with E-state index in [2.05, 4.69) is 5.32 Å². The maximum Gasteiger partial charge on any atom is 0.338 e. The molecular weight excluding hydrogens is 270 g/mol. The molecule has 1 heterocycles. The Kier molecular flexibility index (Phi) is 4.42. The van der Waals surface area contributed by atoms with Gasteiger partial charge in [-0.2, -0.15) is 0 Å². The van der Waals surface area contributed by atoms with Gasteiger partial charge in [-0.15, -0.1) is 0 Å². The van der Waals surface area contributed by atoms with Gasteiger partial charge < -0.3 is 20.3 Å². The summed E-state index contributed by atoms with van der Waals surface area (Å²) in [5.41, 5.74) is -0.0266. The van der Waals surface area contributed by atoms with Crippen molar-refractivity contribution >= 4 is 5.97 Å². The van der Waals surface area contributed by atoms with E-state index in [1.165, 1.54) is 12.1 Å². The van der Waals surface area contributed by atoms with Gasteiger partial charge in [-0.25, -0.2) is 4.79 Å². The van der Waals surface area contributed by atoms with Crippen LogP contribution in [0, 0.1) is 12.8 Å². The minimum Gasteiger partial charge on any atom is -0.508 e. The number of quaternary nitrogens is 1. The number of phenolic OH excluding ortho intramolecular Hbond substituents is 2. The fourth-order valence-corrected chi connectivity index (χ4v) is 2.80. The minimum absolute atomic E-state index is 0.105. The molecule has 1 saturated heterocycles. The molecular formula is C16H24NO4+. The Morgan fingerprint density at radius 3 is 2.29 bits per heavy atom. The molecule has 0 aromatic heterocycles. The number of nitrogens with two attached hydrogens (primary N) is 1. The highest BCUT2D eigenvalue weighted by atomic mass is 16.6. The molecule has 1 aliphatic heterocycles. The average Bonchev–Trinajstić information content (AvgIpc) is 2.44. The zero-order valence-corrected chi connectivity index (χ0v) is 12.8. The Labute approximate surface area is 124 Å². The van der Waals surface area contributed by atoms with Crippen LogP contribution in [0.15, 0.2) is 12.1 Å². The van der Waals surface area contributed by atoms with E-state index < -0.39 is 11.6 Å². The second kappa shape index (κ2) is 5.93. The lowest BCUT2D eigenvalue weighted by atomic mass is 9.83. The van der Waals surface area contributed by atoms with Crippen LogP contribution < -0.4 is 5.32 Å². The number of phenols is 2. The SMILES string of the molecule is Cc1c(O)cc(C(=O)OC(C)(C)C2CC[NH2+]CC2)cc1O. The topological polar surface area (TPSA) is 83.4 Å². The first-order valence-corrected chi connectivity index (χ1v) is 7.39. The molecule has 21 heavy (non-hydrogen) atoms. The van der Waals surface area contributed by atoms with Gasteiger partial charge in [0.05, 0.1) is 18.7 Å². The molecule has 2 rings (SSSR count). The summed E-state index contributed by atoms with van der Waals surface area (Å²) in [6.45, 7) is 7.54. The first-order chi connectivity index (χ1) is 9.81. The zero-order valence-electron chi connectivity index (χ0n) is 12.8. The van der Waals surface area contributed by atoms with Crippen molar-refractivity contribution in [3.8, 4) is 11.5 Å². The first kappa shape index (κ1) is 15.6. The van der Waals surface area contributed by atoms with Gasteiger partial charge in [0, 0.05) is 24.3 Å². The van der Waals surface area contributed by atoms with Crippen LogP contribution in [0.2, 0.25) is 0 Å². The summed E-state index contributed by atoms with van der Waals surface area (Å²) in [4.78, 5) is 12.3. The van der Waals surface area contributed by atoms with Crippen LogP contribution in [-0.4, -0.2) is 34.9 Å². The number of piperidine rings is 1. The number of carbonyl (C=O) groups excluding carboxylic acids is 1. The van der Waals surface area contributed by atoms with E-state index in [1.807, 2.05) is 13.8 Å². The van der Waals surface area contributed by atoms with Crippen molar-refractivity contribution in [2.75, 3.05) is 13.1 Å². The lowest BCUT2D eigenvalue weighted by Gasteiger charge is -2.35. The molecule has 1 aliphatic rings. The maximum atomic E-state index is 12.3. The van der Waals surface area contributed by atoms with Crippen molar-refractivity contribution in [2.24, 2.45) is 5.92 Å². The molecule has 0 radical (unpaired) electrons. The van der Waals surface area contributed by atoms with Crippen LogP contribution in [0.1, 0.15) is 42.6 Å². The summed E-state index contributed by atoms with van der Waals surface area (Å²) in [5.74, 6) is -0.390. The lowest BCUT2D eigenvalue weighted by molar-refractivity contribution is -0.665. The molecule has 116 valence electrons. The van der Waals surface area contributed by atoms with Crippen LogP contribution in [0.4, 0.5) is 0 Å². The first-order valence-electron chi connectivity index (χ1n) is 7.39. The predicted molar refractivity (Wildman–Crippen MR) is 78.4 cm³/mol. The van der Waals surface area contributed by atoms with E-state index in [4.69, 9.17) is 4.74 Å². The number of hydrogen-bond acceptors (Lipinski definition) is 4. The van der Waals surface area contributed by atoms with E-state index in [-0.39, 0.29) is 17.1 Å². The molecule has 1 fully saturated rings. The highest BCUT2D eigenvalue weighted by Crippen LogP contribution is 2.31. The van der Waals surface area contributed by atoms with Gasteiger partial charge in [-0.3, -0.25) is 0 Å². The van der Waals surface area contributed by atoms with Gasteiger partial charge in [0.15, 0.2) is 0 Å². The van der Waals surface area contributed by atoms with Gasteiger partial charge >= 0.3 is 5.97 Å². The Morgan fingerprint density at radius 1 is 1.24 bits per heavy atom. The van der Waals surface area contributed by atoms with Crippen LogP contribution in [0.5, 0.6) is 11.5 Å². The normalized spacial score (nSPS) is 16.7. The van der Waals surface area contributed by atoms with E-state index in [0.717, 1.165) is 25.9 Å². The zero-order chi connectivity index (χ0) is 15.6. The molecule has 0 unspecified atom stereocenters. The molecule has 0 atom stereocenters. The van der Waals surface area contributed by atoms with Crippen molar-refractivity contribution in [1.29, 1.82) is 0 Å². The predicted octanol–water partition coefficient (Wildman–Crippen LogP) is 1.32. The van der Waals surface area contributed by atoms with Gasteiger partial charge in [0.1, 0.15) is 17.1 Å². The van der Waals surface area contributed by atoms with Crippen LogP contribution in [0.25, 0.3) is 0 Å². The molecule has 0 saturated carbocycles. The standard InChI is InChI=1S/C16H23NO4/c1-10-13(18)8-11(9-14(10)19)15(20)21-16(2,3)12-4-6-17-7-5-12/h8-9,12,17-19H,4-7H2,1-3H3/p+1. The van der Waals surface area contributed by atoms with Gasteiger partial charge in [0.25, 0.3) is 0 Å². The fourth-order valence-electron chi connectivity index (χ4n) is 2.80. The Hall–Kier alpha value is -1.75. The summed E-state index contributed by atoms with van der Waals surface area (Å²) in [6.07, 6.45) is 2.04. The molecule has 0 bridgehead atoms. The number of esters is 1. The van der Waals surface area contributed by atoms with Crippen LogP contribution in [-0.2, 0) is 4.74 Å². The number of benzene rings is 1. The third-order valence-corrected chi connectivity index (χ3v) is 4.37. The Bertz CT molecular complexity index is 510. The Morgan fingerprint density at radius 2 is 1.76 bits per heavy atom. The number of carbonyl (C=O) groups is 1. The van der Waals surface area contributed by atoms with Crippen molar-refractivity contribution < 1.29 is 25.1 Å². The summed E-state index contributed by atoms with van der Waals surface area (Å²) in [6, 6.07) is 2.67. The van der Waals surface area contributed by atoms with Crippen LogP contribution in [0.3, 0.4) is 0 Å². The van der Waals surface area contributed by atoms with Crippen molar-refractivity contribution in [3.63, 3.8) is 0 Å². The third kappa shape index (κ3) is 3.47. The Balaban J connectivity index is 2.13. The molecule has 0 aliphatic carbocycles. The average molecular weight is 294 g/mol. The monoisotopic (exact) mass is 294 g/mol. The van der Waals surface area contributed by atoms with Crippen LogP contribution >= 0.6 is 0 Å². The number of rotatable bonds is 3. The van der Waals surface area contributed by atoms with Gasteiger partial charge in [-0.05, 0) is 32.9 Å². The number of ether oxygens (including phenoxy) is 1. The minimum atomic E-state index is -0.554. The quantitative estimate of drug-likeness (QED) is 0.734. The van der Waals surface area contributed by atoms with Gasteiger partial charge in [0.2, 0.25) is 0 Å². The number of hydrogen-bond donors (Lipinski definition) is 3. The van der Waals surface area contributed by atoms with Crippen molar-refractivity contribution in [3.05, 3.63) is 23.3 Å². The lowest BCUT2D eigenvalue weighted by Crippen LogP contribution is -2.86.